The summed E-state index contributed by atoms with van der Waals surface area (Å²) < 4.78 is 0. The van der Waals surface area contributed by atoms with Crippen molar-refractivity contribution in [3.63, 3.8) is 0 Å². The van der Waals surface area contributed by atoms with Crippen LogP contribution >= 0.6 is 0 Å². The number of carbonyl (C=O) groups excluding carboxylic acids is 1. The number of fused-ring (bicyclic) bond motifs is 2. The van der Waals surface area contributed by atoms with Crippen molar-refractivity contribution in [1.29, 1.82) is 0 Å². The van der Waals surface area contributed by atoms with E-state index in [1.54, 1.807) is 0 Å². The summed E-state index contributed by atoms with van der Waals surface area (Å²) in [7, 11) is 0. The molecule has 0 radical (unpaired) electrons. The Kier molecular flexibility index (Phi) is 4.03. The average Bonchev–Trinajstić information content (AvgIpc) is 2.78. The van der Waals surface area contributed by atoms with Crippen molar-refractivity contribution in [3.05, 3.63) is 34.9 Å². The molecule has 0 aliphatic carbocycles. The number of nitrogens with one attached hydrogen (secondary N) is 1. The number of benzene rings is 1. The largest absolute Gasteiger partial charge is 0.336 e. The van der Waals surface area contributed by atoms with Crippen molar-refractivity contribution < 1.29 is 4.79 Å². The standard InChI is InChI=1S/C18H26N2O/c1-4-20(16-10-14-8-9-15(11-16)19-14)18(21)17-12(2)6-5-7-13(17)3/h5-7,14-16,19H,4,8-11H2,1-3H3. The average molecular weight is 286 g/mol. The predicted octanol–water partition coefficient (Wildman–Crippen LogP) is 3.05. The van der Waals surface area contributed by atoms with Crippen LogP contribution in [0.25, 0.3) is 0 Å². The second-order valence-corrected chi connectivity index (χ2v) is 6.62. The summed E-state index contributed by atoms with van der Waals surface area (Å²) in [5.41, 5.74) is 3.09. The molecule has 2 heterocycles. The maximum Gasteiger partial charge on any atom is 0.254 e. The van der Waals surface area contributed by atoms with E-state index in [9.17, 15) is 4.79 Å². The zero-order valence-corrected chi connectivity index (χ0v) is 13.4. The quantitative estimate of drug-likeness (QED) is 0.926. The maximum absolute atomic E-state index is 13.1. The summed E-state index contributed by atoms with van der Waals surface area (Å²) in [6.45, 7) is 6.99. The maximum atomic E-state index is 13.1. The van der Waals surface area contributed by atoms with Crippen LogP contribution in [0.2, 0.25) is 0 Å². The molecule has 1 N–H and O–H groups in total. The molecule has 21 heavy (non-hydrogen) atoms. The van der Waals surface area contributed by atoms with Gasteiger partial charge in [0.25, 0.3) is 5.91 Å². The van der Waals surface area contributed by atoms with Crippen LogP contribution in [0.4, 0.5) is 0 Å². The first-order valence-corrected chi connectivity index (χ1v) is 8.23. The number of piperidine rings is 1. The van der Waals surface area contributed by atoms with Gasteiger partial charge in [0.05, 0.1) is 0 Å². The third-order valence-electron chi connectivity index (χ3n) is 5.19. The minimum atomic E-state index is 0.222. The number of nitrogens with zero attached hydrogens (tertiary/aromatic N) is 1. The Morgan fingerprint density at radius 1 is 1.19 bits per heavy atom. The van der Waals surface area contributed by atoms with E-state index in [0.29, 0.717) is 18.1 Å². The molecular weight excluding hydrogens is 260 g/mol. The van der Waals surface area contributed by atoms with Gasteiger partial charge in [0, 0.05) is 30.2 Å². The molecular formula is C18H26N2O. The number of amides is 1. The number of rotatable bonds is 3. The zero-order valence-electron chi connectivity index (χ0n) is 13.4. The van der Waals surface area contributed by atoms with Gasteiger partial charge in [-0.3, -0.25) is 4.79 Å². The van der Waals surface area contributed by atoms with Gasteiger partial charge in [-0.25, -0.2) is 0 Å². The van der Waals surface area contributed by atoms with Gasteiger partial charge in [-0.15, -0.1) is 0 Å². The smallest absolute Gasteiger partial charge is 0.254 e. The van der Waals surface area contributed by atoms with Crippen LogP contribution in [0, 0.1) is 13.8 Å². The van der Waals surface area contributed by atoms with Crippen LogP contribution in [0.5, 0.6) is 0 Å². The van der Waals surface area contributed by atoms with Gasteiger partial charge in [-0.1, -0.05) is 18.2 Å². The number of aryl methyl sites for hydroxylation is 2. The van der Waals surface area contributed by atoms with Gasteiger partial charge >= 0.3 is 0 Å². The second kappa shape index (κ2) is 5.80. The van der Waals surface area contributed by atoms with Crippen LogP contribution in [-0.4, -0.2) is 35.5 Å². The number of hydrogen-bond acceptors (Lipinski definition) is 2. The van der Waals surface area contributed by atoms with E-state index in [2.05, 4.69) is 17.1 Å². The van der Waals surface area contributed by atoms with E-state index in [1.165, 1.54) is 12.8 Å². The summed E-state index contributed by atoms with van der Waals surface area (Å²) in [5.74, 6) is 0.222. The van der Waals surface area contributed by atoms with Crippen LogP contribution in [0.1, 0.15) is 54.1 Å². The summed E-state index contributed by atoms with van der Waals surface area (Å²) in [6, 6.07) is 7.76. The highest BCUT2D eigenvalue weighted by Gasteiger charge is 2.37. The molecule has 2 aliphatic heterocycles. The molecule has 0 aromatic heterocycles. The minimum absolute atomic E-state index is 0.222. The summed E-state index contributed by atoms with van der Waals surface area (Å²) in [4.78, 5) is 15.2. The first-order valence-electron chi connectivity index (χ1n) is 8.23. The normalized spacial score (nSPS) is 27.7. The van der Waals surface area contributed by atoms with Crippen molar-refractivity contribution in [2.45, 2.75) is 64.6 Å². The van der Waals surface area contributed by atoms with Gasteiger partial charge < -0.3 is 10.2 Å². The molecule has 3 rings (SSSR count). The lowest BCUT2D eigenvalue weighted by Gasteiger charge is -2.37. The Bertz CT molecular complexity index is 508. The Morgan fingerprint density at radius 2 is 1.76 bits per heavy atom. The summed E-state index contributed by atoms with van der Waals surface area (Å²) >= 11 is 0. The SMILES string of the molecule is CCN(C(=O)c1c(C)cccc1C)C1CC2CCC(C1)N2. The van der Waals surface area contributed by atoms with E-state index in [-0.39, 0.29) is 5.91 Å². The van der Waals surface area contributed by atoms with Crippen molar-refractivity contribution in [3.8, 4) is 0 Å². The Hall–Kier alpha value is -1.35. The Balaban J connectivity index is 1.84. The topological polar surface area (TPSA) is 32.3 Å². The lowest BCUT2D eigenvalue weighted by Crippen LogP contribution is -2.50. The molecule has 0 spiro atoms. The van der Waals surface area contributed by atoms with Crippen molar-refractivity contribution in [1.82, 2.24) is 10.2 Å². The minimum Gasteiger partial charge on any atom is -0.336 e. The first-order chi connectivity index (χ1) is 10.1. The Morgan fingerprint density at radius 3 is 2.29 bits per heavy atom. The van der Waals surface area contributed by atoms with Crippen molar-refractivity contribution >= 4 is 5.91 Å². The monoisotopic (exact) mass is 286 g/mol. The molecule has 3 nitrogen and oxygen atoms in total. The predicted molar refractivity (Wildman–Crippen MR) is 85.6 cm³/mol. The lowest BCUT2D eigenvalue weighted by atomic mass is 9.95. The first kappa shape index (κ1) is 14.6. The molecule has 2 fully saturated rings. The molecule has 0 saturated carbocycles. The molecule has 2 saturated heterocycles. The van der Waals surface area contributed by atoms with Crippen LogP contribution in [-0.2, 0) is 0 Å². The van der Waals surface area contributed by atoms with E-state index in [1.807, 2.05) is 32.0 Å². The van der Waals surface area contributed by atoms with Gasteiger partial charge in [0.15, 0.2) is 0 Å². The van der Waals surface area contributed by atoms with Crippen molar-refractivity contribution in [2.24, 2.45) is 0 Å². The lowest BCUT2D eigenvalue weighted by molar-refractivity contribution is 0.0629. The Labute approximate surface area is 127 Å². The van der Waals surface area contributed by atoms with E-state index in [4.69, 9.17) is 0 Å². The third kappa shape index (κ3) is 2.71. The van der Waals surface area contributed by atoms with Gasteiger partial charge in [-0.2, -0.15) is 0 Å². The molecule has 114 valence electrons. The van der Waals surface area contributed by atoms with E-state index >= 15 is 0 Å². The highest BCUT2D eigenvalue weighted by atomic mass is 16.2. The van der Waals surface area contributed by atoms with Crippen molar-refractivity contribution in [2.75, 3.05) is 6.54 Å². The third-order valence-corrected chi connectivity index (χ3v) is 5.19. The molecule has 2 atom stereocenters. The fraction of sp³-hybridized carbons (Fsp3) is 0.611. The fourth-order valence-electron chi connectivity index (χ4n) is 4.14. The summed E-state index contributed by atoms with van der Waals surface area (Å²) in [6.07, 6.45) is 4.77. The van der Waals surface area contributed by atoms with Gasteiger partial charge in [-0.05, 0) is 57.6 Å². The number of carbonyl (C=O) groups is 1. The van der Waals surface area contributed by atoms with Crippen LogP contribution in [0.15, 0.2) is 18.2 Å². The van der Waals surface area contributed by atoms with Gasteiger partial charge in [0.1, 0.15) is 0 Å². The van der Waals surface area contributed by atoms with Gasteiger partial charge in [0.2, 0.25) is 0 Å². The van der Waals surface area contributed by atoms with Crippen LogP contribution in [0.3, 0.4) is 0 Å². The van der Waals surface area contributed by atoms with E-state index in [0.717, 1.165) is 36.1 Å². The molecule has 3 heteroatoms. The molecule has 2 bridgehead atoms. The fourth-order valence-corrected chi connectivity index (χ4v) is 4.14. The molecule has 2 aliphatic rings. The molecule has 1 amide bonds. The molecule has 1 aromatic rings. The molecule has 1 aromatic carbocycles. The zero-order chi connectivity index (χ0) is 15.0. The number of hydrogen-bond donors (Lipinski definition) is 1. The highest BCUT2D eigenvalue weighted by Crippen LogP contribution is 2.31. The summed E-state index contributed by atoms with van der Waals surface area (Å²) in [5, 5.41) is 3.66. The second-order valence-electron chi connectivity index (χ2n) is 6.62. The highest BCUT2D eigenvalue weighted by molar-refractivity contribution is 5.97. The van der Waals surface area contributed by atoms with E-state index < -0.39 is 0 Å². The molecule has 2 unspecified atom stereocenters. The van der Waals surface area contributed by atoms with Crippen LogP contribution < -0.4 is 5.32 Å².